The van der Waals surface area contributed by atoms with Crippen molar-refractivity contribution >= 4 is 0 Å². The van der Waals surface area contributed by atoms with Gasteiger partial charge in [-0.3, -0.25) is 0 Å². The first-order valence-electron chi connectivity index (χ1n) is 6.21. The Hall–Kier alpha value is -0.980. The number of fused-ring (bicyclic) bond motifs is 5. The molecule has 0 N–H and O–H groups in total. The van der Waals surface area contributed by atoms with E-state index in [4.69, 9.17) is 4.74 Å². The Morgan fingerprint density at radius 2 is 2.20 bits per heavy atom. The summed E-state index contributed by atoms with van der Waals surface area (Å²) in [5.74, 6) is 2.16. The van der Waals surface area contributed by atoms with Crippen molar-refractivity contribution in [1.82, 2.24) is 0 Å². The molecule has 1 heterocycles. The second-order valence-electron chi connectivity index (χ2n) is 5.15. The van der Waals surface area contributed by atoms with Crippen molar-refractivity contribution in [3.05, 3.63) is 34.1 Å². The summed E-state index contributed by atoms with van der Waals surface area (Å²) in [5.41, 5.74) is 6.48. The van der Waals surface area contributed by atoms with Crippen LogP contribution in [0, 0.1) is 5.92 Å². The van der Waals surface area contributed by atoms with Gasteiger partial charge in [-0.1, -0.05) is 11.6 Å². The van der Waals surface area contributed by atoms with Crippen molar-refractivity contribution in [3.8, 4) is 0 Å². The van der Waals surface area contributed by atoms with Crippen LogP contribution in [-0.4, -0.2) is 6.61 Å². The fourth-order valence-electron chi connectivity index (χ4n) is 3.67. The van der Waals surface area contributed by atoms with Gasteiger partial charge >= 0.3 is 0 Å². The molecular weight excluding hydrogens is 184 g/mol. The molecule has 2 bridgehead atoms. The molecule has 78 valence electrons. The van der Waals surface area contributed by atoms with Gasteiger partial charge in [0.2, 0.25) is 0 Å². The van der Waals surface area contributed by atoms with E-state index in [1.54, 1.807) is 22.3 Å². The third-order valence-electron chi connectivity index (χ3n) is 4.36. The minimum atomic E-state index is 0.856. The number of allylic oxidation sites excluding steroid dienone is 4. The minimum absolute atomic E-state index is 0.856. The fourth-order valence-corrected chi connectivity index (χ4v) is 3.67. The van der Waals surface area contributed by atoms with Crippen molar-refractivity contribution in [2.24, 2.45) is 5.92 Å². The van der Waals surface area contributed by atoms with Crippen LogP contribution in [0.15, 0.2) is 34.1 Å². The van der Waals surface area contributed by atoms with Gasteiger partial charge in [-0.25, -0.2) is 0 Å². The molecule has 1 nitrogen and oxygen atoms in total. The Bertz CT molecular complexity index is 423. The highest BCUT2D eigenvalue weighted by atomic mass is 16.5. The van der Waals surface area contributed by atoms with Crippen LogP contribution >= 0.6 is 0 Å². The average molecular weight is 200 g/mol. The monoisotopic (exact) mass is 200 g/mol. The summed E-state index contributed by atoms with van der Waals surface area (Å²) in [7, 11) is 0. The maximum absolute atomic E-state index is 5.93. The summed E-state index contributed by atoms with van der Waals surface area (Å²) < 4.78 is 5.93. The van der Waals surface area contributed by atoms with E-state index in [1.807, 2.05) is 0 Å². The number of hydrogen-bond acceptors (Lipinski definition) is 1. The van der Waals surface area contributed by atoms with Crippen LogP contribution in [0.5, 0.6) is 0 Å². The van der Waals surface area contributed by atoms with Gasteiger partial charge in [-0.15, -0.1) is 0 Å². The van der Waals surface area contributed by atoms with E-state index in [0.29, 0.717) is 0 Å². The Kier molecular flexibility index (Phi) is 1.52. The molecule has 0 saturated heterocycles. The van der Waals surface area contributed by atoms with Crippen molar-refractivity contribution in [3.63, 3.8) is 0 Å². The SMILES string of the molecule is C1=C2CC(C1)C1=C2C2=C(CCCO2)CC1. The molecule has 4 rings (SSSR count). The molecule has 15 heavy (non-hydrogen) atoms. The van der Waals surface area contributed by atoms with Gasteiger partial charge in [-0.05, 0) is 55.6 Å². The molecule has 1 aliphatic heterocycles. The van der Waals surface area contributed by atoms with Crippen LogP contribution in [0.4, 0.5) is 0 Å². The molecule has 1 atom stereocenters. The lowest BCUT2D eigenvalue weighted by Gasteiger charge is -2.29. The van der Waals surface area contributed by atoms with E-state index in [-0.39, 0.29) is 0 Å². The third kappa shape index (κ3) is 0.987. The topological polar surface area (TPSA) is 9.23 Å². The first-order valence-corrected chi connectivity index (χ1v) is 6.21. The maximum Gasteiger partial charge on any atom is 0.125 e. The zero-order chi connectivity index (χ0) is 9.83. The summed E-state index contributed by atoms with van der Waals surface area (Å²) in [4.78, 5) is 0. The van der Waals surface area contributed by atoms with E-state index in [1.165, 1.54) is 44.3 Å². The number of rotatable bonds is 0. The molecule has 0 radical (unpaired) electrons. The van der Waals surface area contributed by atoms with Crippen LogP contribution in [0.3, 0.4) is 0 Å². The zero-order valence-electron chi connectivity index (χ0n) is 9.01. The molecule has 0 amide bonds. The zero-order valence-corrected chi connectivity index (χ0v) is 9.01. The van der Waals surface area contributed by atoms with E-state index in [0.717, 1.165) is 12.5 Å². The first-order chi connectivity index (χ1) is 7.43. The van der Waals surface area contributed by atoms with E-state index >= 15 is 0 Å². The van der Waals surface area contributed by atoms with Crippen LogP contribution in [0.1, 0.15) is 38.5 Å². The van der Waals surface area contributed by atoms with Gasteiger partial charge < -0.3 is 4.74 Å². The second kappa shape index (κ2) is 2.78. The van der Waals surface area contributed by atoms with Gasteiger partial charge in [-0.2, -0.15) is 0 Å². The Morgan fingerprint density at radius 1 is 1.20 bits per heavy atom. The predicted octanol–water partition coefficient (Wildman–Crippen LogP) is 3.49. The summed E-state index contributed by atoms with van der Waals surface area (Å²) in [6, 6.07) is 0. The second-order valence-corrected chi connectivity index (χ2v) is 5.15. The smallest absolute Gasteiger partial charge is 0.125 e. The quantitative estimate of drug-likeness (QED) is 0.581. The molecule has 1 heteroatoms. The lowest BCUT2D eigenvalue weighted by atomic mass is 9.83. The standard InChI is InChI=1S/C14H16O/c1-2-9-5-6-12-10-3-4-11(8-10)13(12)14(9)15-7-1/h4,10H,1-3,5-8H2. The van der Waals surface area contributed by atoms with E-state index < -0.39 is 0 Å². The highest BCUT2D eigenvalue weighted by Gasteiger charge is 2.38. The van der Waals surface area contributed by atoms with Crippen LogP contribution < -0.4 is 0 Å². The number of hydrogen-bond donors (Lipinski definition) is 0. The molecule has 0 aromatic rings. The van der Waals surface area contributed by atoms with Crippen molar-refractivity contribution in [2.75, 3.05) is 6.61 Å². The van der Waals surface area contributed by atoms with Crippen LogP contribution in [0.2, 0.25) is 0 Å². The summed E-state index contributed by atoms with van der Waals surface area (Å²) in [6.45, 7) is 0.938. The summed E-state index contributed by atoms with van der Waals surface area (Å²) in [5, 5.41) is 0. The highest BCUT2D eigenvalue weighted by molar-refractivity contribution is 5.58. The minimum Gasteiger partial charge on any atom is -0.493 e. The van der Waals surface area contributed by atoms with Gasteiger partial charge in [0.05, 0.1) is 6.61 Å². The Balaban J connectivity index is 1.87. The van der Waals surface area contributed by atoms with Crippen molar-refractivity contribution < 1.29 is 4.74 Å². The van der Waals surface area contributed by atoms with Gasteiger partial charge in [0, 0.05) is 5.57 Å². The number of ether oxygens (including phenoxy) is 1. The van der Waals surface area contributed by atoms with Crippen molar-refractivity contribution in [1.29, 1.82) is 0 Å². The largest absolute Gasteiger partial charge is 0.493 e. The molecule has 0 aromatic carbocycles. The lowest BCUT2D eigenvalue weighted by molar-refractivity contribution is 0.191. The highest BCUT2D eigenvalue weighted by Crippen LogP contribution is 2.53. The fraction of sp³-hybridized carbons (Fsp3) is 0.571. The molecule has 0 saturated carbocycles. The third-order valence-corrected chi connectivity index (χ3v) is 4.36. The van der Waals surface area contributed by atoms with Gasteiger partial charge in [0.1, 0.15) is 5.76 Å². The van der Waals surface area contributed by atoms with Gasteiger partial charge in [0.15, 0.2) is 0 Å². The Morgan fingerprint density at radius 3 is 3.20 bits per heavy atom. The summed E-state index contributed by atoms with van der Waals surface area (Å²) in [6.07, 6.45) is 10.2. The normalized spacial score (nSPS) is 32.5. The predicted molar refractivity (Wildman–Crippen MR) is 59.3 cm³/mol. The molecule has 3 aliphatic carbocycles. The molecule has 1 unspecified atom stereocenters. The van der Waals surface area contributed by atoms with Crippen LogP contribution in [-0.2, 0) is 4.74 Å². The molecule has 4 aliphatic rings. The maximum atomic E-state index is 5.93. The molecule has 0 aromatic heterocycles. The van der Waals surface area contributed by atoms with E-state index in [9.17, 15) is 0 Å². The molecule has 0 fully saturated rings. The van der Waals surface area contributed by atoms with Gasteiger partial charge in [0.25, 0.3) is 0 Å². The van der Waals surface area contributed by atoms with E-state index in [2.05, 4.69) is 6.08 Å². The lowest BCUT2D eigenvalue weighted by Crippen LogP contribution is -2.15. The van der Waals surface area contributed by atoms with Crippen LogP contribution in [0.25, 0.3) is 0 Å². The van der Waals surface area contributed by atoms with Crippen molar-refractivity contribution in [2.45, 2.75) is 38.5 Å². The average Bonchev–Trinajstić information content (AvgIpc) is 2.89. The Labute approximate surface area is 90.5 Å². The molecular formula is C14H16O. The summed E-state index contributed by atoms with van der Waals surface area (Å²) >= 11 is 0. The first kappa shape index (κ1) is 8.20. The molecule has 0 spiro atoms.